The predicted octanol–water partition coefficient (Wildman–Crippen LogP) is 2.34. The normalized spacial score (nSPS) is 11.2. The molecule has 0 saturated carbocycles. The van der Waals surface area contributed by atoms with Gasteiger partial charge >= 0.3 is 12.1 Å². The summed E-state index contributed by atoms with van der Waals surface area (Å²) >= 11 is 0. The summed E-state index contributed by atoms with van der Waals surface area (Å²) in [5, 5.41) is 8.95. The number of hydrogen-bond acceptors (Lipinski definition) is 2. The SMILES string of the molecule is CN(CC(F)(F)F)C(=O)CCc1ccccc1C(=O)O. The molecule has 0 aliphatic carbocycles. The van der Waals surface area contributed by atoms with Crippen LogP contribution in [-0.2, 0) is 11.2 Å². The Balaban J connectivity index is 2.64. The average Bonchev–Trinajstić information content (AvgIpc) is 2.34. The highest BCUT2D eigenvalue weighted by molar-refractivity contribution is 5.89. The van der Waals surface area contributed by atoms with Crippen molar-refractivity contribution in [3.8, 4) is 0 Å². The molecule has 0 saturated heterocycles. The number of carbonyl (C=O) groups is 2. The number of benzene rings is 1. The molecule has 1 aromatic rings. The Morgan fingerprint density at radius 3 is 2.40 bits per heavy atom. The minimum absolute atomic E-state index is 0.0544. The molecule has 1 aromatic carbocycles. The van der Waals surface area contributed by atoms with E-state index in [9.17, 15) is 22.8 Å². The van der Waals surface area contributed by atoms with E-state index in [0.29, 0.717) is 10.5 Å². The number of carboxylic acids is 1. The van der Waals surface area contributed by atoms with Gasteiger partial charge in [0.1, 0.15) is 6.54 Å². The molecule has 7 heteroatoms. The smallest absolute Gasteiger partial charge is 0.406 e. The van der Waals surface area contributed by atoms with Gasteiger partial charge in [-0.1, -0.05) is 18.2 Å². The molecule has 0 fully saturated rings. The van der Waals surface area contributed by atoms with Gasteiger partial charge in [-0.25, -0.2) is 4.79 Å². The molecule has 0 aromatic heterocycles. The van der Waals surface area contributed by atoms with Crippen molar-refractivity contribution < 1.29 is 27.9 Å². The molecular weight excluding hydrogens is 275 g/mol. The van der Waals surface area contributed by atoms with E-state index in [1.807, 2.05) is 0 Å². The topological polar surface area (TPSA) is 57.6 Å². The van der Waals surface area contributed by atoms with Crippen LogP contribution in [-0.4, -0.2) is 41.7 Å². The first-order chi connectivity index (χ1) is 9.20. The summed E-state index contributed by atoms with van der Waals surface area (Å²) in [5.74, 6) is -1.81. The lowest BCUT2D eigenvalue weighted by Crippen LogP contribution is -2.35. The van der Waals surface area contributed by atoms with Crippen molar-refractivity contribution in [1.29, 1.82) is 0 Å². The fourth-order valence-corrected chi connectivity index (χ4v) is 1.74. The van der Waals surface area contributed by atoms with Gasteiger partial charge in [-0.2, -0.15) is 13.2 Å². The summed E-state index contributed by atoms with van der Waals surface area (Å²) in [5.41, 5.74) is 0.479. The third kappa shape index (κ3) is 4.91. The molecule has 0 aliphatic heterocycles. The van der Waals surface area contributed by atoms with Crippen molar-refractivity contribution in [2.45, 2.75) is 19.0 Å². The lowest BCUT2D eigenvalue weighted by Gasteiger charge is -2.19. The average molecular weight is 289 g/mol. The van der Waals surface area contributed by atoms with E-state index in [4.69, 9.17) is 5.11 Å². The number of halogens is 3. The number of hydrogen-bond donors (Lipinski definition) is 1. The van der Waals surface area contributed by atoms with Crippen LogP contribution in [0.15, 0.2) is 24.3 Å². The van der Waals surface area contributed by atoms with Crippen molar-refractivity contribution in [3.05, 3.63) is 35.4 Å². The minimum atomic E-state index is -4.44. The molecule has 0 aliphatic rings. The van der Waals surface area contributed by atoms with Gasteiger partial charge in [0.25, 0.3) is 0 Å². The fraction of sp³-hybridized carbons (Fsp3) is 0.385. The van der Waals surface area contributed by atoms with Gasteiger partial charge in [-0.3, -0.25) is 4.79 Å². The third-order valence-electron chi connectivity index (χ3n) is 2.70. The molecule has 20 heavy (non-hydrogen) atoms. The number of amides is 1. The third-order valence-corrected chi connectivity index (χ3v) is 2.70. The standard InChI is InChI=1S/C13H14F3NO3/c1-17(8-13(14,15)16)11(18)7-6-9-4-2-3-5-10(9)12(19)20/h2-5H,6-8H2,1H3,(H,19,20). The van der Waals surface area contributed by atoms with Gasteiger partial charge in [0.2, 0.25) is 5.91 Å². The van der Waals surface area contributed by atoms with Crippen LogP contribution in [0.5, 0.6) is 0 Å². The second-order valence-electron chi connectivity index (χ2n) is 4.33. The van der Waals surface area contributed by atoms with Gasteiger partial charge < -0.3 is 10.0 Å². The van der Waals surface area contributed by atoms with E-state index in [1.165, 1.54) is 6.07 Å². The zero-order valence-corrected chi connectivity index (χ0v) is 10.8. The van der Waals surface area contributed by atoms with E-state index in [-0.39, 0.29) is 18.4 Å². The van der Waals surface area contributed by atoms with E-state index < -0.39 is 24.6 Å². The molecule has 0 unspecified atom stereocenters. The van der Waals surface area contributed by atoms with Crippen molar-refractivity contribution in [2.75, 3.05) is 13.6 Å². The Morgan fingerprint density at radius 1 is 1.25 bits per heavy atom. The van der Waals surface area contributed by atoms with Crippen LogP contribution in [0.2, 0.25) is 0 Å². The Hall–Kier alpha value is -2.05. The highest BCUT2D eigenvalue weighted by Gasteiger charge is 2.31. The van der Waals surface area contributed by atoms with Gasteiger partial charge in [0, 0.05) is 13.5 Å². The number of nitrogens with zero attached hydrogens (tertiary/aromatic N) is 1. The predicted molar refractivity (Wildman–Crippen MR) is 65.4 cm³/mol. The van der Waals surface area contributed by atoms with Gasteiger partial charge in [0.15, 0.2) is 0 Å². The first-order valence-electron chi connectivity index (χ1n) is 5.82. The molecule has 0 heterocycles. The maximum atomic E-state index is 12.1. The van der Waals surface area contributed by atoms with Gasteiger partial charge in [-0.15, -0.1) is 0 Å². The van der Waals surface area contributed by atoms with Crippen LogP contribution in [0.4, 0.5) is 13.2 Å². The number of aromatic carboxylic acids is 1. The first kappa shape index (κ1) is 16.0. The summed E-state index contributed by atoms with van der Waals surface area (Å²) in [7, 11) is 1.07. The second-order valence-corrected chi connectivity index (χ2v) is 4.33. The monoisotopic (exact) mass is 289 g/mol. The molecule has 0 radical (unpaired) electrons. The van der Waals surface area contributed by atoms with Crippen molar-refractivity contribution in [2.24, 2.45) is 0 Å². The first-order valence-corrected chi connectivity index (χ1v) is 5.82. The molecular formula is C13H14F3NO3. The Bertz CT molecular complexity index is 500. The van der Waals surface area contributed by atoms with Gasteiger partial charge in [-0.05, 0) is 18.1 Å². The van der Waals surface area contributed by atoms with E-state index in [0.717, 1.165) is 7.05 Å². The van der Waals surface area contributed by atoms with E-state index >= 15 is 0 Å². The molecule has 1 amide bonds. The minimum Gasteiger partial charge on any atom is -0.478 e. The Labute approximate surface area is 113 Å². The van der Waals surface area contributed by atoms with Crippen LogP contribution < -0.4 is 0 Å². The number of rotatable bonds is 5. The number of carboxylic acid groups (broad SMARTS) is 1. The van der Waals surface area contributed by atoms with Crippen LogP contribution in [0, 0.1) is 0 Å². The molecule has 0 atom stereocenters. The lowest BCUT2D eigenvalue weighted by molar-refractivity contribution is -0.158. The Kier molecular flexibility index (Phi) is 5.12. The molecule has 1 rings (SSSR count). The zero-order chi connectivity index (χ0) is 15.3. The maximum absolute atomic E-state index is 12.1. The van der Waals surface area contributed by atoms with Crippen LogP contribution in [0.1, 0.15) is 22.3 Å². The molecule has 4 nitrogen and oxygen atoms in total. The lowest BCUT2D eigenvalue weighted by atomic mass is 10.0. The van der Waals surface area contributed by atoms with Crippen LogP contribution in [0.3, 0.4) is 0 Å². The van der Waals surface area contributed by atoms with Crippen LogP contribution in [0.25, 0.3) is 0 Å². The van der Waals surface area contributed by atoms with Crippen LogP contribution >= 0.6 is 0 Å². The quantitative estimate of drug-likeness (QED) is 0.905. The number of alkyl halides is 3. The number of aryl methyl sites for hydroxylation is 1. The Morgan fingerprint density at radius 2 is 1.85 bits per heavy atom. The van der Waals surface area contributed by atoms with E-state index in [2.05, 4.69) is 0 Å². The summed E-state index contributed by atoms with van der Waals surface area (Å²) in [6.45, 7) is -1.31. The van der Waals surface area contributed by atoms with E-state index in [1.54, 1.807) is 18.2 Å². The van der Waals surface area contributed by atoms with Crippen molar-refractivity contribution in [1.82, 2.24) is 4.90 Å². The zero-order valence-electron chi connectivity index (χ0n) is 10.8. The fourth-order valence-electron chi connectivity index (χ4n) is 1.74. The van der Waals surface area contributed by atoms with Crippen molar-refractivity contribution >= 4 is 11.9 Å². The summed E-state index contributed by atoms with van der Waals surface area (Å²) in [6, 6.07) is 6.10. The molecule has 110 valence electrons. The summed E-state index contributed by atoms with van der Waals surface area (Å²) in [4.78, 5) is 23.1. The number of carbonyl (C=O) groups excluding carboxylic acids is 1. The largest absolute Gasteiger partial charge is 0.478 e. The highest BCUT2D eigenvalue weighted by Crippen LogP contribution is 2.17. The second kappa shape index (κ2) is 6.40. The highest BCUT2D eigenvalue weighted by atomic mass is 19.4. The summed E-state index contributed by atoms with van der Waals surface area (Å²) in [6.07, 6.45) is -4.52. The van der Waals surface area contributed by atoms with Gasteiger partial charge in [0.05, 0.1) is 5.56 Å². The maximum Gasteiger partial charge on any atom is 0.406 e. The molecule has 1 N–H and O–H groups in total. The molecule has 0 bridgehead atoms. The molecule has 0 spiro atoms. The van der Waals surface area contributed by atoms with Crippen molar-refractivity contribution in [3.63, 3.8) is 0 Å². The summed E-state index contributed by atoms with van der Waals surface area (Å²) < 4.78 is 36.4.